The van der Waals surface area contributed by atoms with E-state index >= 15 is 0 Å². The lowest BCUT2D eigenvalue weighted by Gasteiger charge is -2.57. The molecule has 0 radical (unpaired) electrons. The number of aliphatic hydroxyl groups is 2. The molecule has 1 aliphatic heterocycles. The van der Waals surface area contributed by atoms with Crippen molar-refractivity contribution in [2.75, 3.05) is 6.61 Å². The summed E-state index contributed by atoms with van der Waals surface area (Å²) in [5.41, 5.74) is 2.12. The van der Waals surface area contributed by atoms with Crippen molar-refractivity contribution in [2.45, 2.75) is 83.0 Å². The minimum absolute atomic E-state index is 0.00889. The van der Waals surface area contributed by atoms with E-state index in [1.54, 1.807) is 5.57 Å². The van der Waals surface area contributed by atoms with Gasteiger partial charge in [-0.3, -0.25) is 0 Å². The van der Waals surface area contributed by atoms with E-state index in [2.05, 4.69) is 19.9 Å². The average Bonchev–Trinajstić information content (AvgIpc) is 3.21. The molecular formula is C21H32O3. The third kappa shape index (κ3) is 1.74. The molecule has 3 nitrogen and oxygen atoms in total. The number of allylic oxidation sites excluding steroid dienone is 1. The fourth-order valence-corrected chi connectivity index (χ4v) is 7.80. The highest BCUT2D eigenvalue weighted by molar-refractivity contribution is 5.28. The maximum atomic E-state index is 10.1. The summed E-state index contributed by atoms with van der Waals surface area (Å²) in [5.74, 6) is 2.30. The van der Waals surface area contributed by atoms with Gasteiger partial charge in [0.1, 0.15) is 11.7 Å². The number of epoxide rings is 1. The Balaban J connectivity index is 1.47. The number of ether oxygens (including phenoxy) is 1. The van der Waals surface area contributed by atoms with Gasteiger partial charge in [0.05, 0.1) is 12.7 Å². The molecule has 0 aromatic heterocycles. The molecule has 134 valence electrons. The molecule has 24 heavy (non-hydrogen) atoms. The summed E-state index contributed by atoms with van der Waals surface area (Å²) in [4.78, 5) is 0. The normalized spacial score (nSPS) is 58.7. The standard InChI is InChI=1S/C21H32O3/c1-19-8-5-14(23)11-13(19)3-4-15-16(19)6-9-20(2)17(15)7-10-21(20)18(12-22)24-21/h3,14-18,22-23H,4-12H2,1-2H3/t14-,15+,16-,17-,18?,19-,20-,21-/m0/s1. The molecule has 8 atom stereocenters. The molecule has 5 aliphatic rings. The van der Waals surface area contributed by atoms with E-state index in [1.165, 1.54) is 25.7 Å². The number of fused-ring (bicyclic) bond motifs is 6. The molecule has 1 heterocycles. The molecule has 0 aromatic rings. The van der Waals surface area contributed by atoms with Gasteiger partial charge in [-0.05, 0) is 74.5 Å². The van der Waals surface area contributed by atoms with E-state index in [1.807, 2.05) is 0 Å². The number of aliphatic hydroxyl groups excluding tert-OH is 2. The molecule has 0 amide bonds. The summed E-state index contributed by atoms with van der Waals surface area (Å²) in [7, 11) is 0. The largest absolute Gasteiger partial charge is 0.394 e. The Kier molecular flexibility index (Phi) is 3.21. The van der Waals surface area contributed by atoms with Gasteiger partial charge in [-0.2, -0.15) is 0 Å². The van der Waals surface area contributed by atoms with Crippen LogP contribution >= 0.6 is 0 Å². The van der Waals surface area contributed by atoms with Crippen molar-refractivity contribution < 1.29 is 14.9 Å². The van der Waals surface area contributed by atoms with Gasteiger partial charge in [0.15, 0.2) is 0 Å². The highest BCUT2D eigenvalue weighted by atomic mass is 16.6. The van der Waals surface area contributed by atoms with Crippen LogP contribution in [0.15, 0.2) is 11.6 Å². The molecular weight excluding hydrogens is 300 g/mol. The summed E-state index contributed by atoms with van der Waals surface area (Å²) < 4.78 is 6.11. The molecule has 0 aromatic carbocycles. The lowest BCUT2D eigenvalue weighted by Crippen LogP contribution is -2.52. The second-order valence-electron chi connectivity index (χ2n) is 9.83. The second kappa shape index (κ2) is 4.86. The van der Waals surface area contributed by atoms with Crippen LogP contribution in [0.3, 0.4) is 0 Å². The van der Waals surface area contributed by atoms with Crippen molar-refractivity contribution in [1.29, 1.82) is 0 Å². The molecule has 3 heteroatoms. The minimum Gasteiger partial charge on any atom is -0.394 e. The Morgan fingerprint density at radius 3 is 2.67 bits per heavy atom. The Labute approximate surface area is 145 Å². The van der Waals surface area contributed by atoms with Crippen LogP contribution in [0.2, 0.25) is 0 Å². The Bertz CT molecular complexity index is 586. The van der Waals surface area contributed by atoms with Crippen LogP contribution in [0.1, 0.15) is 65.2 Å². The first-order chi connectivity index (χ1) is 11.4. The van der Waals surface area contributed by atoms with Crippen molar-refractivity contribution >= 4 is 0 Å². The summed E-state index contributed by atoms with van der Waals surface area (Å²) in [6, 6.07) is 0. The van der Waals surface area contributed by atoms with E-state index in [-0.39, 0.29) is 29.8 Å². The lowest BCUT2D eigenvalue weighted by atomic mass is 9.47. The Hall–Kier alpha value is -0.380. The van der Waals surface area contributed by atoms with Crippen molar-refractivity contribution in [1.82, 2.24) is 0 Å². The van der Waals surface area contributed by atoms with E-state index in [4.69, 9.17) is 4.74 Å². The van der Waals surface area contributed by atoms with Crippen LogP contribution in [0.5, 0.6) is 0 Å². The van der Waals surface area contributed by atoms with Gasteiger partial charge < -0.3 is 14.9 Å². The average molecular weight is 332 g/mol. The minimum atomic E-state index is -0.116. The molecule has 1 spiro atoms. The van der Waals surface area contributed by atoms with Crippen molar-refractivity contribution in [3.8, 4) is 0 Å². The molecule has 4 fully saturated rings. The van der Waals surface area contributed by atoms with E-state index < -0.39 is 0 Å². The van der Waals surface area contributed by atoms with Crippen molar-refractivity contribution in [3.05, 3.63) is 11.6 Å². The van der Waals surface area contributed by atoms with Crippen LogP contribution in [0.4, 0.5) is 0 Å². The monoisotopic (exact) mass is 332 g/mol. The lowest BCUT2D eigenvalue weighted by molar-refractivity contribution is -0.0558. The van der Waals surface area contributed by atoms with Gasteiger partial charge in [-0.25, -0.2) is 0 Å². The number of hydrogen-bond acceptors (Lipinski definition) is 3. The van der Waals surface area contributed by atoms with E-state index in [9.17, 15) is 10.2 Å². The molecule has 1 saturated heterocycles. The molecule has 3 saturated carbocycles. The summed E-state index contributed by atoms with van der Waals surface area (Å²) >= 11 is 0. The van der Waals surface area contributed by atoms with Crippen LogP contribution in [-0.2, 0) is 4.74 Å². The summed E-state index contributed by atoms with van der Waals surface area (Å²) in [5, 5.41) is 19.7. The van der Waals surface area contributed by atoms with Crippen LogP contribution in [0.25, 0.3) is 0 Å². The quantitative estimate of drug-likeness (QED) is 0.571. The van der Waals surface area contributed by atoms with Gasteiger partial charge in [-0.1, -0.05) is 25.5 Å². The van der Waals surface area contributed by atoms with Crippen LogP contribution < -0.4 is 0 Å². The number of rotatable bonds is 1. The zero-order chi connectivity index (χ0) is 16.7. The fraction of sp³-hybridized carbons (Fsp3) is 0.905. The van der Waals surface area contributed by atoms with E-state index in [0.717, 1.165) is 43.4 Å². The highest BCUT2D eigenvalue weighted by Gasteiger charge is 2.74. The molecule has 5 rings (SSSR count). The first-order valence-electron chi connectivity index (χ1n) is 10.1. The molecule has 1 unspecified atom stereocenters. The predicted molar refractivity (Wildman–Crippen MR) is 92.4 cm³/mol. The zero-order valence-corrected chi connectivity index (χ0v) is 15.1. The van der Waals surface area contributed by atoms with E-state index in [0.29, 0.717) is 5.41 Å². The molecule has 4 aliphatic carbocycles. The third-order valence-electron chi connectivity index (χ3n) is 9.24. The fourth-order valence-electron chi connectivity index (χ4n) is 7.80. The Morgan fingerprint density at radius 2 is 1.92 bits per heavy atom. The van der Waals surface area contributed by atoms with Crippen LogP contribution in [0, 0.1) is 28.6 Å². The molecule has 0 bridgehead atoms. The van der Waals surface area contributed by atoms with Gasteiger partial charge in [-0.15, -0.1) is 0 Å². The van der Waals surface area contributed by atoms with Crippen molar-refractivity contribution in [2.24, 2.45) is 28.6 Å². The Morgan fingerprint density at radius 1 is 1.12 bits per heavy atom. The maximum absolute atomic E-state index is 10.1. The number of hydrogen-bond donors (Lipinski definition) is 2. The molecule has 2 N–H and O–H groups in total. The first kappa shape index (κ1) is 15.8. The predicted octanol–water partition coefficient (Wildman–Crippen LogP) is 3.44. The third-order valence-corrected chi connectivity index (χ3v) is 9.24. The van der Waals surface area contributed by atoms with Gasteiger partial charge in [0.25, 0.3) is 0 Å². The van der Waals surface area contributed by atoms with Gasteiger partial charge in [0, 0.05) is 5.41 Å². The second-order valence-corrected chi connectivity index (χ2v) is 9.83. The van der Waals surface area contributed by atoms with Gasteiger partial charge in [0.2, 0.25) is 0 Å². The highest BCUT2D eigenvalue weighted by Crippen LogP contribution is 2.72. The smallest absolute Gasteiger partial charge is 0.111 e. The summed E-state index contributed by atoms with van der Waals surface area (Å²) in [6.07, 6.45) is 11.7. The van der Waals surface area contributed by atoms with Crippen LogP contribution in [-0.4, -0.2) is 34.6 Å². The summed E-state index contributed by atoms with van der Waals surface area (Å²) in [6.45, 7) is 5.14. The topological polar surface area (TPSA) is 53.0 Å². The SMILES string of the molecule is C[C@]12CC[C@H](O)CC1=CC[C@@H]1[C@@H]2CC[C@@]2(C)[C@H]1CC[C@@]21OC1CO. The zero-order valence-electron chi connectivity index (χ0n) is 15.1. The van der Waals surface area contributed by atoms with Crippen molar-refractivity contribution in [3.63, 3.8) is 0 Å². The first-order valence-corrected chi connectivity index (χ1v) is 10.1. The van der Waals surface area contributed by atoms with Gasteiger partial charge >= 0.3 is 0 Å². The maximum Gasteiger partial charge on any atom is 0.111 e.